The van der Waals surface area contributed by atoms with Gasteiger partial charge in [0.2, 0.25) is 5.91 Å². The van der Waals surface area contributed by atoms with Crippen molar-refractivity contribution in [1.29, 1.82) is 0 Å². The SMILES string of the molecule is CCOC(=O)c1csc(NC(=O)/C=C/c2c(CC)oc3ccccc23)n1. The Kier molecular flexibility index (Phi) is 5.48. The Balaban J connectivity index is 1.73. The molecule has 0 radical (unpaired) electrons. The summed E-state index contributed by atoms with van der Waals surface area (Å²) >= 11 is 1.17. The molecule has 0 saturated heterocycles. The zero-order chi connectivity index (χ0) is 18.5. The zero-order valence-corrected chi connectivity index (χ0v) is 15.3. The molecule has 26 heavy (non-hydrogen) atoms. The van der Waals surface area contributed by atoms with Crippen LogP contribution in [-0.2, 0) is 16.0 Å². The summed E-state index contributed by atoms with van der Waals surface area (Å²) in [4.78, 5) is 27.8. The predicted molar refractivity (Wildman–Crippen MR) is 101 cm³/mol. The van der Waals surface area contributed by atoms with Crippen molar-refractivity contribution >= 4 is 45.4 Å². The summed E-state index contributed by atoms with van der Waals surface area (Å²) in [6.07, 6.45) is 3.90. The van der Waals surface area contributed by atoms with Crippen LogP contribution in [0.4, 0.5) is 5.13 Å². The molecule has 1 amide bonds. The molecule has 134 valence electrons. The molecule has 0 atom stereocenters. The lowest BCUT2D eigenvalue weighted by Crippen LogP contribution is -2.09. The van der Waals surface area contributed by atoms with Crippen molar-refractivity contribution in [2.75, 3.05) is 11.9 Å². The maximum atomic E-state index is 12.2. The number of benzene rings is 1. The first-order valence-corrected chi connectivity index (χ1v) is 9.12. The number of thiazole rings is 1. The van der Waals surface area contributed by atoms with Gasteiger partial charge in [0.15, 0.2) is 10.8 Å². The van der Waals surface area contributed by atoms with E-state index in [-0.39, 0.29) is 18.2 Å². The van der Waals surface area contributed by atoms with Crippen molar-refractivity contribution in [2.45, 2.75) is 20.3 Å². The summed E-state index contributed by atoms with van der Waals surface area (Å²) in [6, 6.07) is 7.71. The molecule has 3 aromatic rings. The van der Waals surface area contributed by atoms with Gasteiger partial charge in [-0.3, -0.25) is 10.1 Å². The van der Waals surface area contributed by atoms with Crippen LogP contribution in [0.2, 0.25) is 0 Å². The van der Waals surface area contributed by atoms with Crippen molar-refractivity contribution in [1.82, 2.24) is 4.98 Å². The molecule has 2 aromatic heterocycles. The average Bonchev–Trinajstić information content (AvgIpc) is 3.24. The molecule has 0 spiro atoms. The molecule has 0 bridgehead atoms. The third-order valence-corrected chi connectivity index (χ3v) is 4.41. The Labute approximate surface area is 154 Å². The Bertz CT molecular complexity index is 971. The first kappa shape index (κ1) is 17.9. The van der Waals surface area contributed by atoms with Gasteiger partial charge in [0.05, 0.1) is 6.61 Å². The number of esters is 1. The number of rotatable bonds is 6. The van der Waals surface area contributed by atoms with Crippen LogP contribution in [0, 0.1) is 0 Å². The Morgan fingerprint density at radius 1 is 1.31 bits per heavy atom. The number of anilines is 1. The van der Waals surface area contributed by atoms with Gasteiger partial charge in [-0.1, -0.05) is 25.1 Å². The molecular formula is C19H18N2O4S. The van der Waals surface area contributed by atoms with E-state index in [1.807, 2.05) is 31.2 Å². The van der Waals surface area contributed by atoms with Crippen LogP contribution in [-0.4, -0.2) is 23.5 Å². The van der Waals surface area contributed by atoms with Crippen LogP contribution in [0.3, 0.4) is 0 Å². The van der Waals surface area contributed by atoms with Gasteiger partial charge in [0.25, 0.3) is 0 Å². The van der Waals surface area contributed by atoms with E-state index in [0.717, 1.165) is 28.7 Å². The molecule has 7 heteroatoms. The highest BCUT2D eigenvalue weighted by Gasteiger charge is 2.13. The van der Waals surface area contributed by atoms with E-state index >= 15 is 0 Å². The number of fused-ring (bicyclic) bond motifs is 1. The summed E-state index contributed by atoms with van der Waals surface area (Å²) in [5, 5.41) is 5.51. The van der Waals surface area contributed by atoms with Crippen LogP contribution in [0.5, 0.6) is 0 Å². The summed E-state index contributed by atoms with van der Waals surface area (Å²) in [5.41, 5.74) is 1.87. The lowest BCUT2D eigenvalue weighted by molar-refractivity contribution is -0.111. The highest BCUT2D eigenvalue weighted by atomic mass is 32.1. The van der Waals surface area contributed by atoms with Crippen molar-refractivity contribution in [3.63, 3.8) is 0 Å². The van der Waals surface area contributed by atoms with Crippen LogP contribution in [0.25, 0.3) is 17.0 Å². The predicted octanol–water partition coefficient (Wildman–Crippen LogP) is 4.28. The lowest BCUT2D eigenvalue weighted by Gasteiger charge is -1.98. The highest BCUT2D eigenvalue weighted by Crippen LogP contribution is 2.27. The monoisotopic (exact) mass is 370 g/mol. The molecular weight excluding hydrogens is 352 g/mol. The maximum absolute atomic E-state index is 12.2. The summed E-state index contributed by atoms with van der Waals surface area (Å²) in [7, 11) is 0. The molecule has 6 nitrogen and oxygen atoms in total. The third kappa shape index (κ3) is 3.83. The highest BCUT2D eigenvalue weighted by molar-refractivity contribution is 7.14. The topological polar surface area (TPSA) is 81.4 Å². The summed E-state index contributed by atoms with van der Waals surface area (Å²) in [5.74, 6) is -0.00608. The number of ether oxygens (including phenoxy) is 1. The third-order valence-electron chi connectivity index (χ3n) is 3.65. The number of aromatic nitrogens is 1. The van der Waals surface area contributed by atoms with Crippen LogP contribution >= 0.6 is 11.3 Å². The first-order valence-electron chi connectivity index (χ1n) is 8.24. The zero-order valence-electron chi connectivity index (χ0n) is 14.4. The average molecular weight is 370 g/mol. The van der Waals surface area contributed by atoms with E-state index in [4.69, 9.17) is 9.15 Å². The molecule has 3 rings (SSSR count). The second-order valence-corrected chi connectivity index (χ2v) is 6.23. The molecule has 0 aliphatic rings. The van der Waals surface area contributed by atoms with Gasteiger partial charge in [-0.25, -0.2) is 9.78 Å². The van der Waals surface area contributed by atoms with Crippen LogP contribution in [0.15, 0.2) is 40.1 Å². The number of para-hydroxylation sites is 1. The number of hydrogen-bond donors (Lipinski definition) is 1. The Morgan fingerprint density at radius 2 is 2.12 bits per heavy atom. The van der Waals surface area contributed by atoms with Gasteiger partial charge in [-0.2, -0.15) is 0 Å². The molecule has 0 unspecified atom stereocenters. The standard InChI is InChI=1S/C19H18N2O4S/c1-3-15-13(12-7-5-6-8-16(12)25-15)9-10-17(22)21-19-20-14(11-26-19)18(23)24-4-2/h5-11H,3-4H2,1-2H3,(H,20,21,22)/b10-9+. The number of carbonyl (C=O) groups excluding carboxylic acids is 2. The number of amides is 1. The van der Waals surface area contributed by atoms with Gasteiger partial charge in [-0.05, 0) is 19.1 Å². The number of carbonyl (C=O) groups is 2. The fourth-order valence-corrected chi connectivity index (χ4v) is 3.18. The van der Waals surface area contributed by atoms with Gasteiger partial charge in [0, 0.05) is 28.8 Å². The normalized spacial score (nSPS) is 11.2. The van der Waals surface area contributed by atoms with Crippen LogP contribution < -0.4 is 5.32 Å². The second-order valence-electron chi connectivity index (χ2n) is 5.37. The largest absolute Gasteiger partial charge is 0.461 e. The fourth-order valence-electron chi connectivity index (χ4n) is 2.50. The van der Waals surface area contributed by atoms with Gasteiger partial charge in [-0.15, -0.1) is 11.3 Å². The Hall–Kier alpha value is -2.93. The molecule has 1 N–H and O–H groups in total. The quantitative estimate of drug-likeness (QED) is 0.517. The van der Waals surface area contributed by atoms with Crippen molar-refractivity contribution < 1.29 is 18.7 Å². The number of nitrogens with zero attached hydrogens (tertiary/aromatic N) is 1. The van der Waals surface area contributed by atoms with E-state index in [2.05, 4.69) is 10.3 Å². The second kappa shape index (κ2) is 7.97. The fraction of sp³-hybridized carbons (Fsp3) is 0.211. The maximum Gasteiger partial charge on any atom is 0.357 e. The smallest absolute Gasteiger partial charge is 0.357 e. The lowest BCUT2D eigenvalue weighted by atomic mass is 10.1. The van der Waals surface area contributed by atoms with E-state index < -0.39 is 5.97 Å². The van der Waals surface area contributed by atoms with Gasteiger partial charge in [0.1, 0.15) is 11.3 Å². The molecule has 2 heterocycles. The van der Waals surface area contributed by atoms with E-state index in [0.29, 0.717) is 5.13 Å². The van der Waals surface area contributed by atoms with Gasteiger partial charge >= 0.3 is 5.97 Å². The number of furan rings is 1. The molecule has 1 aromatic carbocycles. The molecule has 0 fully saturated rings. The molecule has 0 aliphatic heterocycles. The number of hydrogen-bond acceptors (Lipinski definition) is 6. The summed E-state index contributed by atoms with van der Waals surface area (Å²) in [6.45, 7) is 4.00. The minimum Gasteiger partial charge on any atom is -0.461 e. The van der Waals surface area contributed by atoms with E-state index in [1.165, 1.54) is 17.4 Å². The molecule has 0 aliphatic carbocycles. The Morgan fingerprint density at radius 3 is 2.88 bits per heavy atom. The first-order chi connectivity index (χ1) is 12.6. The minimum atomic E-state index is -0.503. The van der Waals surface area contributed by atoms with E-state index in [9.17, 15) is 9.59 Å². The van der Waals surface area contributed by atoms with Crippen molar-refractivity contribution in [3.8, 4) is 0 Å². The summed E-state index contributed by atoms with van der Waals surface area (Å²) < 4.78 is 10.7. The number of nitrogens with one attached hydrogen (secondary N) is 1. The van der Waals surface area contributed by atoms with Crippen LogP contribution in [0.1, 0.15) is 35.7 Å². The van der Waals surface area contributed by atoms with Crippen molar-refractivity contribution in [3.05, 3.63) is 52.7 Å². The van der Waals surface area contributed by atoms with Crippen molar-refractivity contribution in [2.24, 2.45) is 0 Å². The minimum absolute atomic E-state index is 0.185. The molecule has 0 saturated carbocycles. The van der Waals surface area contributed by atoms with Gasteiger partial charge < -0.3 is 9.15 Å². The van der Waals surface area contributed by atoms with E-state index in [1.54, 1.807) is 18.4 Å². The number of aryl methyl sites for hydroxylation is 1.